The van der Waals surface area contributed by atoms with Crippen LogP contribution in [0, 0.1) is 11.8 Å². The van der Waals surface area contributed by atoms with Crippen molar-refractivity contribution in [3.63, 3.8) is 0 Å². The summed E-state index contributed by atoms with van der Waals surface area (Å²) in [5.74, 6) is 2.57. The van der Waals surface area contributed by atoms with E-state index in [9.17, 15) is 0 Å². The van der Waals surface area contributed by atoms with Crippen molar-refractivity contribution < 1.29 is 4.74 Å². The molecule has 0 bridgehead atoms. The fourth-order valence-corrected chi connectivity index (χ4v) is 3.24. The summed E-state index contributed by atoms with van der Waals surface area (Å²) in [6.45, 7) is 4.62. The standard InChI is InChI=1S/C18H29BrO/c1-4-6-7-15(5-2)12-17(14-19)13-16-8-10-18(20-3)11-9-16/h8-11,15,17H,4-7,12-14H2,1-3H3. The van der Waals surface area contributed by atoms with Crippen molar-refractivity contribution >= 4 is 15.9 Å². The highest BCUT2D eigenvalue weighted by Gasteiger charge is 2.15. The molecule has 1 aromatic rings. The molecule has 0 fully saturated rings. The van der Waals surface area contributed by atoms with Gasteiger partial charge >= 0.3 is 0 Å². The topological polar surface area (TPSA) is 9.23 Å². The Labute approximate surface area is 133 Å². The molecule has 0 N–H and O–H groups in total. The van der Waals surface area contributed by atoms with Gasteiger partial charge in [0, 0.05) is 5.33 Å². The van der Waals surface area contributed by atoms with Gasteiger partial charge in [0.15, 0.2) is 0 Å². The first kappa shape index (κ1) is 17.6. The number of hydrogen-bond acceptors (Lipinski definition) is 1. The first-order valence-corrected chi connectivity index (χ1v) is 9.04. The Morgan fingerprint density at radius 2 is 1.80 bits per heavy atom. The molecular formula is C18H29BrO. The highest BCUT2D eigenvalue weighted by Crippen LogP contribution is 2.26. The summed E-state index contributed by atoms with van der Waals surface area (Å²) in [5.41, 5.74) is 1.42. The molecule has 0 heterocycles. The number of alkyl halides is 1. The Morgan fingerprint density at radius 1 is 1.10 bits per heavy atom. The van der Waals surface area contributed by atoms with Crippen molar-refractivity contribution in [2.75, 3.05) is 12.4 Å². The molecule has 114 valence electrons. The molecule has 20 heavy (non-hydrogen) atoms. The molecular weight excluding hydrogens is 312 g/mol. The zero-order chi connectivity index (χ0) is 14.8. The second-order valence-electron chi connectivity index (χ2n) is 5.72. The zero-order valence-corrected chi connectivity index (χ0v) is 14.8. The van der Waals surface area contributed by atoms with Crippen LogP contribution in [0.1, 0.15) is 51.5 Å². The maximum Gasteiger partial charge on any atom is 0.118 e. The summed E-state index contributed by atoms with van der Waals surface area (Å²) >= 11 is 3.70. The Bertz CT molecular complexity index is 347. The Hall–Kier alpha value is -0.500. The number of unbranched alkanes of at least 4 members (excludes halogenated alkanes) is 1. The van der Waals surface area contributed by atoms with E-state index in [1.807, 2.05) is 0 Å². The summed E-state index contributed by atoms with van der Waals surface area (Å²) in [7, 11) is 1.72. The van der Waals surface area contributed by atoms with E-state index in [0.29, 0.717) is 0 Å². The van der Waals surface area contributed by atoms with E-state index in [2.05, 4.69) is 54.0 Å². The van der Waals surface area contributed by atoms with Crippen LogP contribution in [0.25, 0.3) is 0 Å². The fraction of sp³-hybridized carbons (Fsp3) is 0.667. The van der Waals surface area contributed by atoms with E-state index in [1.54, 1.807) is 7.11 Å². The van der Waals surface area contributed by atoms with Gasteiger partial charge in [-0.1, -0.05) is 67.6 Å². The minimum atomic E-state index is 0.741. The van der Waals surface area contributed by atoms with E-state index in [4.69, 9.17) is 4.74 Å². The van der Waals surface area contributed by atoms with Crippen LogP contribution < -0.4 is 4.74 Å². The Balaban J connectivity index is 2.51. The lowest BCUT2D eigenvalue weighted by Crippen LogP contribution is -2.12. The summed E-state index contributed by atoms with van der Waals surface area (Å²) in [6.07, 6.45) is 7.89. The van der Waals surface area contributed by atoms with Crippen molar-refractivity contribution in [1.82, 2.24) is 0 Å². The zero-order valence-electron chi connectivity index (χ0n) is 13.2. The second kappa shape index (κ2) is 10.3. The van der Waals surface area contributed by atoms with Crippen LogP contribution in [0.4, 0.5) is 0 Å². The van der Waals surface area contributed by atoms with Gasteiger partial charge in [-0.25, -0.2) is 0 Å². The smallest absolute Gasteiger partial charge is 0.118 e. The highest BCUT2D eigenvalue weighted by atomic mass is 79.9. The molecule has 2 unspecified atom stereocenters. The van der Waals surface area contributed by atoms with E-state index < -0.39 is 0 Å². The monoisotopic (exact) mass is 340 g/mol. The van der Waals surface area contributed by atoms with E-state index in [1.165, 1.54) is 37.7 Å². The van der Waals surface area contributed by atoms with Crippen molar-refractivity contribution in [2.45, 2.75) is 52.4 Å². The SMILES string of the molecule is CCCCC(CC)CC(CBr)Cc1ccc(OC)cc1. The number of rotatable bonds is 10. The van der Waals surface area contributed by atoms with Crippen molar-refractivity contribution in [1.29, 1.82) is 0 Å². The average Bonchev–Trinajstić information content (AvgIpc) is 2.50. The maximum absolute atomic E-state index is 5.22. The third kappa shape index (κ3) is 6.30. The minimum Gasteiger partial charge on any atom is -0.497 e. The van der Waals surface area contributed by atoms with Crippen molar-refractivity contribution in [3.05, 3.63) is 29.8 Å². The lowest BCUT2D eigenvalue weighted by molar-refractivity contribution is 0.355. The first-order chi connectivity index (χ1) is 9.73. The van der Waals surface area contributed by atoms with Gasteiger partial charge in [0.25, 0.3) is 0 Å². The largest absolute Gasteiger partial charge is 0.497 e. The molecule has 0 aromatic heterocycles. The van der Waals surface area contributed by atoms with E-state index >= 15 is 0 Å². The van der Waals surface area contributed by atoms with Gasteiger partial charge in [0.1, 0.15) is 5.75 Å². The lowest BCUT2D eigenvalue weighted by atomic mass is 9.86. The van der Waals surface area contributed by atoms with Crippen molar-refractivity contribution in [2.24, 2.45) is 11.8 Å². The number of benzene rings is 1. The Morgan fingerprint density at radius 3 is 2.30 bits per heavy atom. The van der Waals surface area contributed by atoms with Gasteiger partial charge in [-0.15, -0.1) is 0 Å². The quantitative estimate of drug-likeness (QED) is 0.485. The first-order valence-electron chi connectivity index (χ1n) is 7.92. The van der Waals surface area contributed by atoms with Crippen LogP contribution >= 0.6 is 15.9 Å². The average molecular weight is 341 g/mol. The van der Waals surface area contributed by atoms with Crippen LogP contribution in [0.2, 0.25) is 0 Å². The predicted octanol–water partition coefficient (Wildman–Crippen LogP) is 5.86. The van der Waals surface area contributed by atoms with Crippen LogP contribution in [-0.2, 0) is 6.42 Å². The summed E-state index contributed by atoms with van der Waals surface area (Å²) in [6, 6.07) is 8.52. The molecule has 0 radical (unpaired) electrons. The molecule has 2 atom stereocenters. The van der Waals surface area contributed by atoms with Gasteiger partial charge < -0.3 is 4.74 Å². The fourth-order valence-electron chi connectivity index (χ4n) is 2.75. The second-order valence-corrected chi connectivity index (χ2v) is 6.37. The molecule has 1 aromatic carbocycles. The molecule has 0 aliphatic rings. The van der Waals surface area contributed by atoms with Gasteiger partial charge in [-0.2, -0.15) is 0 Å². The summed E-state index contributed by atoms with van der Waals surface area (Å²) in [5, 5.41) is 1.10. The van der Waals surface area contributed by atoms with Crippen LogP contribution in [-0.4, -0.2) is 12.4 Å². The maximum atomic E-state index is 5.22. The van der Waals surface area contributed by atoms with Gasteiger partial charge in [-0.05, 0) is 42.4 Å². The molecule has 0 saturated heterocycles. The van der Waals surface area contributed by atoms with E-state index in [-0.39, 0.29) is 0 Å². The summed E-state index contributed by atoms with van der Waals surface area (Å²) < 4.78 is 5.22. The highest BCUT2D eigenvalue weighted by molar-refractivity contribution is 9.09. The molecule has 1 nitrogen and oxygen atoms in total. The number of methoxy groups -OCH3 is 1. The third-order valence-electron chi connectivity index (χ3n) is 4.11. The molecule has 0 aliphatic carbocycles. The third-order valence-corrected chi connectivity index (χ3v) is 5.03. The van der Waals surface area contributed by atoms with Crippen molar-refractivity contribution in [3.8, 4) is 5.75 Å². The van der Waals surface area contributed by atoms with Crippen LogP contribution in [0.15, 0.2) is 24.3 Å². The van der Waals surface area contributed by atoms with Gasteiger partial charge in [0.2, 0.25) is 0 Å². The van der Waals surface area contributed by atoms with E-state index in [0.717, 1.165) is 29.3 Å². The number of hydrogen-bond donors (Lipinski definition) is 0. The molecule has 1 rings (SSSR count). The lowest BCUT2D eigenvalue weighted by Gasteiger charge is -2.21. The van der Waals surface area contributed by atoms with Gasteiger partial charge in [0.05, 0.1) is 7.11 Å². The normalized spacial score (nSPS) is 14.0. The molecule has 0 saturated carbocycles. The molecule has 2 heteroatoms. The molecule has 0 spiro atoms. The van der Waals surface area contributed by atoms with Crippen LogP contribution in [0.5, 0.6) is 5.75 Å². The minimum absolute atomic E-state index is 0.741. The number of halogens is 1. The number of ether oxygens (including phenoxy) is 1. The van der Waals surface area contributed by atoms with Crippen LogP contribution in [0.3, 0.4) is 0 Å². The predicted molar refractivity (Wildman–Crippen MR) is 91.9 cm³/mol. The summed E-state index contributed by atoms with van der Waals surface area (Å²) in [4.78, 5) is 0. The molecule has 0 amide bonds. The molecule has 0 aliphatic heterocycles. The van der Waals surface area contributed by atoms with Gasteiger partial charge in [-0.3, -0.25) is 0 Å². The Kier molecular flexibility index (Phi) is 9.00.